The summed E-state index contributed by atoms with van der Waals surface area (Å²) < 4.78 is 0. The lowest BCUT2D eigenvalue weighted by Gasteiger charge is -2.20. The van der Waals surface area contributed by atoms with E-state index in [0.29, 0.717) is 5.95 Å². The lowest BCUT2D eigenvalue weighted by molar-refractivity contribution is -0.119. The molecule has 0 aromatic carbocycles. The normalized spacial score (nSPS) is 14.2. The fourth-order valence-corrected chi connectivity index (χ4v) is 1.39. The van der Waals surface area contributed by atoms with Gasteiger partial charge in [0.2, 0.25) is 11.9 Å². The van der Waals surface area contributed by atoms with Crippen molar-refractivity contribution in [3.8, 4) is 0 Å². The first kappa shape index (κ1) is 12.4. The molecule has 16 heavy (non-hydrogen) atoms. The van der Waals surface area contributed by atoms with Crippen molar-refractivity contribution in [1.29, 1.82) is 0 Å². The Bertz CT molecular complexity index is 367. The Hall–Kier alpha value is -1.65. The maximum atomic E-state index is 11.3. The van der Waals surface area contributed by atoms with E-state index >= 15 is 0 Å². The molecule has 1 amide bonds. The second kappa shape index (κ2) is 5.44. The summed E-state index contributed by atoms with van der Waals surface area (Å²) in [5, 5.41) is 2.97. The fraction of sp³-hybridized carbons (Fsp3) is 0.545. The SMILES string of the molecule is CCC(C)C(Nc1nccc(C)n1)C(N)=O. The molecule has 0 bridgehead atoms. The van der Waals surface area contributed by atoms with Gasteiger partial charge < -0.3 is 11.1 Å². The molecule has 1 rings (SSSR count). The molecule has 0 fully saturated rings. The molecule has 0 saturated carbocycles. The number of hydrogen-bond donors (Lipinski definition) is 2. The van der Waals surface area contributed by atoms with Gasteiger partial charge in [0, 0.05) is 11.9 Å². The van der Waals surface area contributed by atoms with Crippen LogP contribution in [0, 0.1) is 12.8 Å². The molecule has 2 unspecified atom stereocenters. The second-order valence-electron chi connectivity index (χ2n) is 3.93. The van der Waals surface area contributed by atoms with E-state index in [1.807, 2.05) is 20.8 Å². The number of amides is 1. The summed E-state index contributed by atoms with van der Waals surface area (Å²) in [5.41, 5.74) is 6.19. The molecule has 0 spiro atoms. The molecule has 1 aromatic heterocycles. The van der Waals surface area contributed by atoms with Gasteiger partial charge in [0.1, 0.15) is 6.04 Å². The minimum Gasteiger partial charge on any atom is -0.368 e. The van der Waals surface area contributed by atoms with E-state index in [1.165, 1.54) is 0 Å². The molecule has 1 aromatic rings. The largest absolute Gasteiger partial charge is 0.368 e. The van der Waals surface area contributed by atoms with Crippen LogP contribution in [0.25, 0.3) is 0 Å². The third kappa shape index (κ3) is 3.18. The summed E-state index contributed by atoms with van der Waals surface area (Å²) in [6.45, 7) is 5.85. The van der Waals surface area contributed by atoms with Crippen molar-refractivity contribution in [2.45, 2.75) is 33.2 Å². The van der Waals surface area contributed by atoms with Gasteiger partial charge in [-0.1, -0.05) is 20.3 Å². The van der Waals surface area contributed by atoms with Crippen LogP contribution in [0.3, 0.4) is 0 Å². The predicted molar refractivity (Wildman–Crippen MR) is 62.8 cm³/mol. The maximum absolute atomic E-state index is 11.3. The van der Waals surface area contributed by atoms with E-state index in [0.717, 1.165) is 12.1 Å². The van der Waals surface area contributed by atoms with Gasteiger partial charge in [0.25, 0.3) is 0 Å². The number of carbonyl (C=O) groups is 1. The molecule has 5 nitrogen and oxygen atoms in total. The first-order valence-electron chi connectivity index (χ1n) is 5.40. The number of carbonyl (C=O) groups excluding carboxylic acids is 1. The smallest absolute Gasteiger partial charge is 0.240 e. The third-order valence-electron chi connectivity index (χ3n) is 2.60. The minimum absolute atomic E-state index is 0.154. The number of rotatable bonds is 5. The lowest BCUT2D eigenvalue weighted by atomic mass is 9.99. The Labute approximate surface area is 95.5 Å². The average molecular weight is 222 g/mol. The van der Waals surface area contributed by atoms with Crippen molar-refractivity contribution >= 4 is 11.9 Å². The Balaban J connectivity index is 2.79. The van der Waals surface area contributed by atoms with Gasteiger partial charge in [-0.2, -0.15) is 0 Å². The number of nitrogens with one attached hydrogen (secondary N) is 1. The van der Waals surface area contributed by atoms with E-state index in [4.69, 9.17) is 5.73 Å². The lowest BCUT2D eigenvalue weighted by Crippen LogP contribution is -2.40. The van der Waals surface area contributed by atoms with Gasteiger partial charge in [0.15, 0.2) is 0 Å². The summed E-state index contributed by atoms with van der Waals surface area (Å²) in [6, 6.07) is 1.38. The zero-order valence-corrected chi connectivity index (χ0v) is 9.90. The van der Waals surface area contributed by atoms with Crippen LogP contribution in [0.2, 0.25) is 0 Å². The van der Waals surface area contributed by atoms with E-state index in [1.54, 1.807) is 12.3 Å². The molecule has 2 atom stereocenters. The van der Waals surface area contributed by atoms with Gasteiger partial charge in [-0.15, -0.1) is 0 Å². The number of primary amides is 1. The fourth-order valence-electron chi connectivity index (χ4n) is 1.39. The highest BCUT2D eigenvalue weighted by Crippen LogP contribution is 2.12. The van der Waals surface area contributed by atoms with Crippen molar-refractivity contribution < 1.29 is 4.79 Å². The molecule has 3 N–H and O–H groups in total. The Morgan fingerprint density at radius 3 is 2.81 bits per heavy atom. The van der Waals surface area contributed by atoms with Crippen molar-refractivity contribution in [1.82, 2.24) is 9.97 Å². The first-order valence-corrected chi connectivity index (χ1v) is 5.40. The maximum Gasteiger partial charge on any atom is 0.240 e. The topological polar surface area (TPSA) is 80.9 Å². The van der Waals surface area contributed by atoms with Crippen molar-refractivity contribution in [2.75, 3.05) is 5.32 Å². The van der Waals surface area contributed by atoms with Gasteiger partial charge in [0.05, 0.1) is 0 Å². The molecule has 88 valence electrons. The number of aromatic nitrogens is 2. The summed E-state index contributed by atoms with van der Waals surface area (Å²) in [4.78, 5) is 19.5. The second-order valence-corrected chi connectivity index (χ2v) is 3.93. The zero-order valence-electron chi connectivity index (χ0n) is 9.90. The standard InChI is InChI=1S/C11H18N4O/c1-4-7(2)9(10(12)16)15-11-13-6-5-8(3)14-11/h5-7,9H,4H2,1-3H3,(H2,12,16)(H,13,14,15). The minimum atomic E-state index is -0.424. The van der Waals surface area contributed by atoms with Crippen molar-refractivity contribution in [3.05, 3.63) is 18.0 Å². The van der Waals surface area contributed by atoms with E-state index in [9.17, 15) is 4.79 Å². The number of anilines is 1. The number of hydrogen-bond acceptors (Lipinski definition) is 4. The summed E-state index contributed by atoms with van der Waals surface area (Å²) in [6.07, 6.45) is 2.52. The summed E-state index contributed by atoms with van der Waals surface area (Å²) in [7, 11) is 0. The van der Waals surface area contributed by atoms with E-state index in [2.05, 4.69) is 15.3 Å². The highest BCUT2D eigenvalue weighted by molar-refractivity contribution is 5.82. The highest BCUT2D eigenvalue weighted by Gasteiger charge is 2.22. The number of nitrogens with two attached hydrogens (primary N) is 1. The van der Waals surface area contributed by atoms with Gasteiger partial charge in [-0.3, -0.25) is 4.79 Å². The molecule has 5 heteroatoms. The van der Waals surface area contributed by atoms with E-state index < -0.39 is 6.04 Å². The zero-order chi connectivity index (χ0) is 12.1. The van der Waals surface area contributed by atoms with Crippen molar-refractivity contribution in [2.24, 2.45) is 11.7 Å². The van der Waals surface area contributed by atoms with Crippen LogP contribution >= 0.6 is 0 Å². The molecule has 0 aliphatic heterocycles. The quantitative estimate of drug-likeness (QED) is 0.781. The summed E-state index contributed by atoms with van der Waals surface area (Å²) in [5.74, 6) is 0.227. The monoisotopic (exact) mass is 222 g/mol. The number of nitrogens with zero attached hydrogens (tertiary/aromatic N) is 2. The first-order chi connectivity index (χ1) is 7.54. The molecule has 0 radical (unpaired) electrons. The third-order valence-corrected chi connectivity index (χ3v) is 2.60. The molecule has 1 heterocycles. The van der Waals surface area contributed by atoms with Gasteiger partial charge in [-0.05, 0) is 18.9 Å². The Kier molecular flexibility index (Phi) is 4.22. The molecular weight excluding hydrogens is 204 g/mol. The van der Waals surface area contributed by atoms with Crippen LogP contribution in [0.5, 0.6) is 0 Å². The molecule has 0 aliphatic rings. The van der Waals surface area contributed by atoms with Gasteiger partial charge >= 0.3 is 0 Å². The average Bonchev–Trinajstić information content (AvgIpc) is 2.24. The van der Waals surface area contributed by atoms with Crippen LogP contribution in [0.15, 0.2) is 12.3 Å². The van der Waals surface area contributed by atoms with Crippen LogP contribution in [0.1, 0.15) is 26.0 Å². The number of aryl methyl sites for hydroxylation is 1. The van der Waals surface area contributed by atoms with E-state index in [-0.39, 0.29) is 11.8 Å². The highest BCUT2D eigenvalue weighted by atomic mass is 16.1. The molecule has 0 saturated heterocycles. The van der Waals surface area contributed by atoms with Gasteiger partial charge in [-0.25, -0.2) is 9.97 Å². The van der Waals surface area contributed by atoms with Crippen LogP contribution < -0.4 is 11.1 Å². The molecular formula is C11H18N4O. The van der Waals surface area contributed by atoms with Crippen LogP contribution in [0.4, 0.5) is 5.95 Å². The van der Waals surface area contributed by atoms with Crippen LogP contribution in [-0.2, 0) is 4.79 Å². The molecule has 0 aliphatic carbocycles. The predicted octanol–water partition coefficient (Wildman–Crippen LogP) is 1.10. The van der Waals surface area contributed by atoms with Crippen LogP contribution in [-0.4, -0.2) is 21.9 Å². The Morgan fingerprint density at radius 2 is 2.31 bits per heavy atom. The van der Waals surface area contributed by atoms with Crippen molar-refractivity contribution in [3.63, 3.8) is 0 Å². The Morgan fingerprint density at radius 1 is 1.62 bits per heavy atom. The summed E-state index contributed by atoms with van der Waals surface area (Å²) >= 11 is 0.